The van der Waals surface area contributed by atoms with E-state index in [1.807, 2.05) is 18.2 Å². The molecular formula is C16H11BrF2O2. The van der Waals surface area contributed by atoms with Crippen molar-refractivity contribution in [3.63, 3.8) is 0 Å². The maximum absolute atomic E-state index is 13.6. The van der Waals surface area contributed by atoms with Crippen molar-refractivity contribution in [2.45, 2.75) is 12.5 Å². The lowest BCUT2D eigenvalue weighted by Gasteiger charge is -2.08. The fourth-order valence-corrected chi connectivity index (χ4v) is 2.67. The van der Waals surface area contributed by atoms with Gasteiger partial charge in [0.15, 0.2) is 0 Å². The number of hydrogen-bond donors (Lipinski definition) is 1. The molecule has 0 spiro atoms. The third-order valence-electron chi connectivity index (χ3n) is 3.27. The molecule has 0 aliphatic carbocycles. The zero-order valence-corrected chi connectivity index (χ0v) is 12.4. The van der Waals surface area contributed by atoms with Gasteiger partial charge in [-0.05, 0) is 39.7 Å². The summed E-state index contributed by atoms with van der Waals surface area (Å²) in [6, 6.07) is 10.6. The van der Waals surface area contributed by atoms with E-state index in [1.165, 1.54) is 12.1 Å². The Morgan fingerprint density at radius 2 is 1.95 bits per heavy atom. The first kappa shape index (κ1) is 14.2. The zero-order chi connectivity index (χ0) is 15.0. The molecule has 5 heteroatoms. The van der Waals surface area contributed by atoms with Gasteiger partial charge in [0.1, 0.15) is 29.1 Å². The fraction of sp³-hybridized carbons (Fsp3) is 0.125. The van der Waals surface area contributed by atoms with Crippen LogP contribution < -0.4 is 0 Å². The maximum atomic E-state index is 13.6. The van der Waals surface area contributed by atoms with Crippen molar-refractivity contribution >= 4 is 26.9 Å². The minimum atomic E-state index is -0.996. The van der Waals surface area contributed by atoms with Crippen LogP contribution >= 0.6 is 15.9 Å². The number of aliphatic hydroxyl groups is 1. The Morgan fingerprint density at radius 3 is 2.67 bits per heavy atom. The first-order valence-electron chi connectivity index (χ1n) is 6.34. The van der Waals surface area contributed by atoms with Crippen LogP contribution in [0.15, 0.2) is 51.4 Å². The van der Waals surface area contributed by atoms with Crippen LogP contribution in [0.25, 0.3) is 11.0 Å². The van der Waals surface area contributed by atoms with Gasteiger partial charge < -0.3 is 9.52 Å². The van der Waals surface area contributed by atoms with Gasteiger partial charge >= 0.3 is 0 Å². The van der Waals surface area contributed by atoms with E-state index < -0.39 is 17.7 Å². The minimum Gasteiger partial charge on any atom is -0.457 e. The van der Waals surface area contributed by atoms with E-state index in [2.05, 4.69) is 15.9 Å². The summed E-state index contributed by atoms with van der Waals surface area (Å²) in [6.07, 6.45) is -0.979. The smallest absolute Gasteiger partial charge is 0.148 e. The van der Waals surface area contributed by atoms with Crippen molar-refractivity contribution in [1.29, 1.82) is 0 Å². The van der Waals surface area contributed by atoms with Crippen molar-refractivity contribution < 1.29 is 18.3 Å². The molecule has 0 aliphatic rings. The predicted molar refractivity (Wildman–Crippen MR) is 78.9 cm³/mol. The molecule has 108 valence electrons. The maximum Gasteiger partial charge on any atom is 0.148 e. The van der Waals surface area contributed by atoms with E-state index in [1.54, 1.807) is 6.07 Å². The van der Waals surface area contributed by atoms with Crippen LogP contribution in [0.4, 0.5) is 8.78 Å². The summed E-state index contributed by atoms with van der Waals surface area (Å²) in [5.41, 5.74) is 0.870. The summed E-state index contributed by atoms with van der Waals surface area (Å²) < 4.78 is 32.9. The van der Waals surface area contributed by atoms with Crippen LogP contribution in [0.5, 0.6) is 0 Å². The number of furan rings is 1. The Bertz CT molecular complexity index is 798. The van der Waals surface area contributed by atoms with Crippen molar-refractivity contribution in [1.82, 2.24) is 0 Å². The second-order valence-corrected chi connectivity index (χ2v) is 5.62. The Labute approximate surface area is 128 Å². The van der Waals surface area contributed by atoms with Crippen molar-refractivity contribution in [3.05, 3.63) is 69.9 Å². The number of fused-ring (bicyclic) bond motifs is 1. The molecule has 0 radical (unpaired) electrons. The number of aliphatic hydroxyl groups excluding tert-OH is 1. The van der Waals surface area contributed by atoms with E-state index in [0.717, 1.165) is 15.9 Å². The summed E-state index contributed by atoms with van der Waals surface area (Å²) in [7, 11) is 0. The van der Waals surface area contributed by atoms with E-state index in [9.17, 15) is 13.9 Å². The quantitative estimate of drug-likeness (QED) is 0.737. The number of benzene rings is 2. The highest BCUT2D eigenvalue weighted by molar-refractivity contribution is 9.10. The van der Waals surface area contributed by atoms with Gasteiger partial charge in [0.2, 0.25) is 0 Å². The second-order valence-electron chi connectivity index (χ2n) is 4.76. The molecule has 2 nitrogen and oxygen atoms in total. The lowest BCUT2D eigenvalue weighted by atomic mass is 10.1. The second kappa shape index (κ2) is 5.58. The molecule has 3 rings (SSSR count). The standard InChI is InChI=1S/C16H11BrF2O2/c17-12-3-1-2-10-7-15(21-16(10)12)14(20)6-9-4-5-11(18)8-13(9)19/h1-5,7-8,14,20H,6H2. The van der Waals surface area contributed by atoms with Gasteiger partial charge in [0.25, 0.3) is 0 Å². The van der Waals surface area contributed by atoms with E-state index >= 15 is 0 Å². The van der Waals surface area contributed by atoms with E-state index in [-0.39, 0.29) is 12.0 Å². The molecule has 0 bridgehead atoms. The molecule has 0 aliphatic heterocycles. The molecule has 1 N–H and O–H groups in total. The lowest BCUT2D eigenvalue weighted by molar-refractivity contribution is 0.151. The van der Waals surface area contributed by atoms with Gasteiger partial charge in [-0.3, -0.25) is 0 Å². The number of halogens is 3. The van der Waals surface area contributed by atoms with E-state index in [0.29, 0.717) is 11.3 Å². The van der Waals surface area contributed by atoms with Crippen LogP contribution in [0.2, 0.25) is 0 Å². The molecule has 1 atom stereocenters. The Morgan fingerprint density at radius 1 is 1.14 bits per heavy atom. The summed E-state index contributed by atoms with van der Waals surface area (Å²) in [6.45, 7) is 0. The highest BCUT2D eigenvalue weighted by atomic mass is 79.9. The van der Waals surface area contributed by atoms with Crippen molar-refractivity contribution in [2.24, 2.45) is 0 Å². The molecule has 0 amide bonds. The average molecular weight is 353 g/mol. The Balaban J connectivity index is 1.90. The molecule has 0 saturated carbocycles. The average Bonchev–Trinajstić information content (AvgIpc) is 2.87. The molecule has 1 heterocycles. The normalized spacial score (nSPS) is 12.8. The van der Waals surface area contributed by atoms with Crippen molar-refractivity contribution in [2.75, 3.05) is 0 Å². The highest BCUT2D eigenvalue weighted by Gasteiger charge is 2.17. The molecule has 0 saturated heterocycles. The van der Waals surface area contributed by atoms with Crippen LogP contribution in [0.3, 0.4) is 0 Å². The molecular weight excluding hydrogens is 342 g/mol. The monoisotopic (exact) mass is 352 g/mol. The SMILES string of the molecule is OC(Cc1ccc(F)cc1F)c1cc2cccc(Br)c2o1. The summed E-state index contributed by atoms with van der Waals surface area (Å²) in [5.74, 6) is -0.967. The molecule has 2 aromatic carbocycles. The topological polar surface area (TPSA) is 33.4 Å². The summed E-state index contributed by atoms with van der Waals surface area (Å²) in [5, 5.41) is 11.0. The first-order valence-corrected chi connectivity index (χ1v) is 7.14. The van der Waals surface area contributed by atoms with Crippen LogP contribution in [0.1, 0.15) is 17.4 Å². The molecule has 1 aromatic heterocycles. The van der Waals surface area contributed by atoms with E-state index in [4.69, 9.17) is 4.42 Å². The predicted octanol–water partition coefficient (Wildman–Crippen LogP) is 4.75. The Hall–Kier alpha value is -1.72. The minimum absolute atomic E-state index is 0.0174. The molecule has 1 unspecified atom stereocenters. The third kappa shape index (κ3) is 2.84. The number of para-hydroxylation sites is 1. The number of hydrogen-bond acceptors (Lipinski definition) is 2. The molecule has 3 aromatic rings. The van der Waals surface area contributed by atoms with Crippen molar-refractivity contribution in [3.8, 4) is 0 Å². The molecule has 0 fully saturated rings. The van der Waals surface area contributed by atoms with Gasteiger partial charge in [-0.1, -0.05) is 18.2 Å². The van der Waals surface area contributed by atoms with Gasteiger partial charge in [0, 0.05) is 17.9 Å². The van der Waals surface area contributed by atoms with Gasteiger partial charge in [0.05, 0.1) is 4.47 Å². The van der Waals surface area contributed by atoms with Crippen LogP contribution in [0, 0.1) is 11.6 Å². The van der Waals surface area contributed by atoms with Crippen LogP contribution in [-0.2, 0) is 6.42 Å². The zero-order valence-electron chi connectivity index (χ0n) is 10.8. The fourth-order valence-electron chi connectivity index (χ4n) is 2.21. The number of rotatable bonds is 3. The molecule has 21 heavy (non-hydrogen) atoms. The third-order valence-corrected chi connectivity index (χ3v) is 3.90. The Kier molecular flexibility index (Phi) is 3.78. The highest BCUT2D eigenvalue weighted by Crippen LogP contribution is 2.31. The van der Waals surface area contributed by atoms with Gasteiger partial charge in [-0.25, -0.2) is 8.78 Å². The van der Waals surface area contributed by atoms with Crippen LogP contribution in [-0.4, -0.2) is 5.11 Å². The summed E-state index contributed by atoms with van der Waals surface area (Å²) >= 11 is 3.37. The largest absolute Gasteiger partial charge is 0.457 e. The summed E-state index contributed by atoms with van der Waals surface area (Å²) in [4.78, 5) is 0. The van der Waals surface area contributed by atoms with Gasteiger partial charge in [-0.2, -0.15) is 0 Å². The lowest BCUT2D eigenvalue weighted by Crippen LogP contribution is -2.02. The van der Waals surface area contributed by atoms with Gasteiger partial charge in [-0.15, -0.1) is 0 Å². The first-order chi connectivity index (χ1) is 10.0.